The van der Waals surface area contributed by atoms with E-state index in [1.165, 1.54) is 5.56 Å². The zero-order chi connectivity index (χ0) is 20.7. The summed E-state index contributed by atoms with van der Waals surface area (Å²) < 4.78 is 7.01. The summed E-state index contributed by atoms with van der Waals surface area (Å²) in [5.74, 6) is 0.664. The van der Waals surface area contributed by atoms with Gasteiger partial charge in [0.15, 0.2) is 0 Å². The van der Waals surface area contributed by atoms with Crippen molar-refractivity contribution in [1.29, 1.82) is 0 Å². The van der Waals surface area contributed by atoms with Crippen LogP contribution in [0.5, 0.6) is 5.75 Å². The molecule has 0 saturated heterocycles. The third kappa shape index (κ3) is 3.31. The molecule has 3 aromatic carbocycles. The first-order chi connectivity index (χ1) is 13.9. The van der Waals surface area contributed by atoms with Crippen molar-refractivity contribution in [2.45, 2.75) is 27.7 Å². The number of nitrogens with zero attached hydrogens (tertiary/aromatic N) is 2. The van der Waals surface area contributed by atoms with Gasteiger partial charge in [-0.1, -0.05) is 6.07 Å². The van der Waals surface area contributed by atoms with Gasteiger partial charge in [-0.15, -0.1) is 0 Å². The maximum Gasteiger partial charge on any atom is 0.212 e. The molecule has 0 aliphatic heterocycles. The molecule has 1 heterocycles. The Morgan fingerprint density at radius 3 is 2.14 bits per heavy atom. The number of benzene rings is 3. The number of rotatable bonds is 4. The number of carbonyl (C=O) groups is 1. The standard InChI is InChI=1S/C25H24N2O2/c1-15-6-9-20(12-16(15)2)27-24(22-13-17(3)18(4)14-23(22)26-27)25(28)19-7-10-21(29-5)11-8-19/h6-14H,1-5H3. The Morgan fingerprint density at radius 1 is 0.828 bits per heavy atom. The summed E-state index contributed by atoms with van der Waals surface area (Å²) in [6, 6.07) is 17.5. The summed E-state index contributed by atoms with van der Waals surface area (Å²) in [7, 11) is 1.62. The number of aromatic nitrogens is 2. The monoisotopic (exact) mass is 384 g/mol. The Hall–Kier alpha value is -3.40. The molecule has 29 heavy (non-hydrogen) atoms. The van der Waals surface area contributed by atoms with E-state index in [1.54, 1.807) is 23.9 Å². The van der Waals surface area contributed by atoms with E-state index in [4.69, 9.17) is 9.84 Å². The Bertz CT molecular complexity index is 1230. The maximum atomic E-state index is 13.6. The third-order valence-corrected chi connectivity index (χ3v) is 5.59. The smallest absolute Gasteiger partial charge is 0.212 e. The predicted molar refractivity (Wildman–Crippen MR) is 116 cm³/mol. The highest BCUT2D eigenvalue weighted by Gasteiger charge is 2.22. The van der Waals surface area contributed by atoms with Crippen molar-refractivity contribution < 1.29 is 9.53 Å². The first-order valence-electron chi connectivity index (χ1n) is 9.65. The van der Waals surface area contributed by atoms with Crippen molar-refractivity contribution in [1.82, 2.24) is 9.78 Å². The van der Waals surface area contributed by atoms with Crippen molar-refractivity contribution >= 4 is 16.7 Å². The first-order valence-corrected chi connectivity index (χ1v) is 9.65. The lowest BCUT2D eigenvalue weighted by Crippen LogP contribution is -2.10. The second kappa shape index (κ2) is 7.21. The summed E-state index contributed by atoms with van der Waals surface area (Å²) in [5.41, 5.74) is 7.57. The maximum absolute atomic E-state index is 13.6. The van der Waals surface area contributed by atoms with Crippen molar-refractivity contribution in [3.05, 3.63) is 88.1 Å². The van der Waals surface area contributed by atoms with Crippen LogP contribution in [-0.4, -0.2) is 22.7 Å². The van der Waals surface area contributed by atoms with Crippen molar-refractivity contribution in [2.24, 2.45) is 0 Å². The summed E-state index contributed by atoms with van der Waals surface area (Å²) in [6.45, 7) is 8.27. The topological polar surface area (TPSA) is 44.1 Å². The highest BCUT2D eigenvalue weighted by Crippen LogP contribution is 2.28. The molecule has 4 aromatic rings. The van der Waals surface area contributed by atoms with E-state index in [0.29, 0.717) is 11.3 Å². The van der Waals surface area contributed by atoms with Gasteiger partial charge in [0.25, 0.3) is 0 Å². The molecule has 0 radical (unpaired) electrons. The molecule has 0 amide bonds. The molecular weight excluding hydrogens is 360 g/mol. The fourth-order valence-corrected chi connectivity index (χ4v) is 3.49. The van der Waals surface area contributed by atoms with Gasteiger partial charge in [-0.2, -0.15) is 5.10 Å². The normalized spacial score (nSPS) is 11.1. The molecule has 0 unspecified atom stereocenters. The van der Waals surface area contributed by atoms with Gasteiger partial charge in [-0.25, -0.2) is 4.68 Å². The molecule has 0 aliphatic carbocycles. The van der Waals surface area contributed by atoms with Crippen LogP contribution < -0.4 is 4.74 Å². The molecule has 0 atom stereocenters. The van der Waals surface area contributed by atoms with Gasteiger partial charge in [0, 0.05) is 10.9 Å². The molecule has 1 aromatic heterocycles. The highest BCUT2D eigenvalue weighted by molar-refractivity contribution is 6.15. The van der Waals surface area contributed by atoms with Gasteiger partial charge in [0.1, 0.15) is 11.4 Å². The molecule has 0 saturated carbocycles. The molecule has 0 N–H and O–H groups in total. The average molecular weight is 384 g/mol. The zero-order valence-electron chi connectivity index (χ0n) is 17.4. The van der Waals surface area contributed by atoms with Crippen molar-refractivity contribution in [3.8, 4) is 11.4 Å². The lowest BCUT2D eigenvalue weighted by Gasteiger charge is -2.10. The fourth-order valence-electron chi connectivity index (χ4n) is 3.49. The quantitative estimate of drug-likeness (QED) is 0.437. The van der Waals surface area contributed by atoms with Crippen molar-refractivity contribution in [3.63, 3.8) is 0 Å². The molecule has 0 spiro atoms. The number of fused-ring (bicyclic) bond motifs is 1. The van der Waals surface area contributed by atoms with Crippen LogP contribution >= 0.6 is 0 Å². The largest absolute Gasteiger partial charge is 0.497 e. The van der Waals surface area contributed by atoms with E-state index in [2.05, 4.69) is 45.9 Å². The van der Waals surface area contributed by atoms with Gasteiger partial charge in [-0.3, -0.25) is 4.79 Å². The second-order valence-electron chi connectivity index (χ2n) is 7.54. The number of ether oxygens (including phenoxy) is 1. The first kappa shape index (κ1) is 18.9. The van der Waals surface area contributed by atoms with Crippen LogP contribution in [0.2, 0.25) is 0 Å². The number of ketones is 1. The van der Waals surface area contributed by atoms with Gasteiger partial charge < -0.3 is 4.74 Å². The molecule has 146 valence electrons. The molecule has 0 fully saturated rings. The molecule has 0 bridgehead atoms. The molecule has 4 heteroatoms. The van der Waals surface area contributed by atoms with E-state index >= 15 is 0 Å². The van der Waals surface area contributed by atoms with Gasteiger partial charge in [-0.05, 0) is 98.5 Å². The Kier molecular flexibility index (Phi) is 4.71. The van der Waals surface area contributed by atoms with Crippen LogP contribution in [-0.2, 0) is 0 Å². The Balaban J connectivity index is 1.97. The van der Waals surface area contributed by atoms with E-state index in [9.17, 15) is 4.79 Å². The van der Waals surface area contributed by atoms with E-state index in [1.807, 2.05) is 24.3 Å². The lowest BCUT2D eigenvalue weighted by atomic mass is 10.0. The van der Waals surface area contributed by atoms with E-state index in [-0.39, 0.29) is 5.78 Å². The number of hydrogen-bond acceptors (Lipinski definition) is 3. The minimum atomic E-state index is -0.0587. The molecule has 4 nitrogen and oxygen atoms in total. The van der Waals surface area contributed by atoms with Crippen LogP contribution in [0.15, 0.2) is 54.6 Å². The highest BCUT2D eigenvalue weighted by atomic mass is 16.5. The predicted octanol–water partition coefficient (Wildman–Crippen LogP) is 5.50. The third-order valence-electron chi connectivity index (χ3n) is 5.59. The summed E-state index contributed by atoms with van der Waals surface area (Å²) >= 11 is 0. The van der Waals surface area contributed by atoms with Gasteiger partial charge in [0.05, 0.1) is 18.3 Å². The lowest BCUT2D eigenvalue weighted by molar-refractivity contribution is 0.103. The second-order valence-corrected chi connectivity index (χ2v) is 7.54. The van der Waals surface area contributed by atoms with Crippen molar-refractivity contribution in [2.75, 3.05) is 7.11 Å². The minimum Gasteiger partial charge on any atom is -0.497 e. The number of hydrogen-bond donors (Lipinski definition) is 0. The van der Waals surface area contributed by atoms with Crippen LogP contribution in [0.1, 0.15) is 38.3 Å². The Labute approximate surface area is 170 Å². The van der Waals surface area contributed by atoms with Crippen LogP contribution in [0, 0.1) is 27.7 Å². The Morgan fingerprint density at radius 2 is 1.48 bits per heavy atom. The van der Waals surface area contributed by atoms with Crippen LogP contribution in [0.4, 0.5) is 0 Å². The summed E-state index contributed by atoms with van der Waals surface area (Å²) in [5, 5.41) is 5.67. The molecule has 0 aliphatic rings. The number of aryl methyl sites for hydroxylation is 4. The SMILES string of the molecule is COc1ccc(C(=O)c2c3cc(C)c(C)cc3nn2-c2ccc(C)c(C)c2)cc1. The number of methoxy groups -OCH3 is 1. The zero-order valence-corrected chi connectivity index (χ0v) is 17.4. The fraction of sp³-hybridized carbons (Fsp3) is 0.200. The average Bonchev–Trinajstić information content (AvgIpc) is 3.08. The van der Waals surface area contributed by atoms with Crippen LogP contribution in [0.3, 0.4) is 0 Å². The number of carbonyl (C=O) groups excluding carboxylic acids is 1. The molecular formula is C25H24N2O2. The van der Waals surface area contributed by atoms with Gasteiger partial charge >= 0.3 is 0 Å². The van der Waals surface area contributed by atoms with Gasteiger partial charge in [0.2, 0.25) is 5.78 Å². The summed E-state index contributed by atoms with van der Waals surface area (Å²) in [4.78, 5) is 13.6. The van der Waals surface area contributed by atoms with E-state index in [0.717, 1.165) is 39.0 Å². The minimum absolute atomic E-state index is 0.0587. The molecule has 4 rings (SSSR count). The van der Waals surface area contributed by atoms with E-state index < -0.39 is 0 Å². The van der Waals surface area contributed by atoms with Crippen LogP contribution in [0.25, 0.3) is 16.6 Å². The summed E-state index contributed by atoms with van der Waals surface area (Å²) in [6.07, 6.45) is 0.